The number of thiophene rings is 1. The number of hydrogen-bond acceptors (Lipinski definition) is 4. The van der Waals surface area contributed by atoms with Gasteiger partial charge in [0.2, 0.25) is 0 Å². The highest BCUT2D eigenvalue weighted by Gasteiger charge is 2.19. The van der Waals surface area contributed by atoms with Crippen LogP contribution in [0.1, 0.15) is 16.1 Å². The van der Waals surface area contributed by atoms with Crippen molar-refractivity contribution in [1.29, 1.82) is 0 Å². The molecule has 4 aromatic heterocycles. The molecule has 0 aliphatic rings. The molecule has 7 nitrogen and oxygen atoms in total. The van der Waals surface area contributed by atoms with Crippen molar-refractivity contribution in [2.45, 2.75) is 6.54 Å². The highest BCUT2D eigenvalue weighted by Crippen LogP contribution is 2.23. The molecule has 4 aromatic rings. The van der Waals surface area contributed by atoms with E-state index in [0.29, 0.717) is 12.1 Å². The Kier molecular flexibility index (Phi) is 3.46. The third-order valence-electron chi connectivity index (χ3n) is 3.92. The van der Waals surface area contributed by atoms with Gasteiger partial charge in [-0.05, 0) is 17.5 Å². The van der Waals surface area contributed by atoms with Crippen molar-refractivity contribution in [2.24, 2.45) is 7.05 Å². The highest BCUT2D eigenvalue weighted by molar-refractivity contribution is 7.13. The molecule has 0 saturated carbocycles. The van der Waals surface area contributed by atoms with Crippen molar-refractivity contribution in [1.82, 2.24) is 29.3 Å². The first-order valence-corrected chi connectivity index (χ1v) is 8.34. The fourth-order valence-electron chi connectivity index (χ4n) is 2.73. The Bertz CT molecular complexity index is 993. The topological polar surface area (TPSA) is 71.2 Å². The van der Waals surface area contributed by atoms with Gasteiger partial charge in [0, 0.05) is 26.5 Å². The van der Waals surface area contributed by atoms with Crippen LogP contribution >= 0.6 is 11.3 Å². The van der Waals surface area contributed by atoms with Crippen LogP contribution < -0.4 is 0 Å². The molecule has 0 spiro atoms. The van der Waals surface area contributed by atoms with Gasteiger partial charge >= 0.3 is 0 Å². The second kappa shape index (κ2) is 5.64. The number of amides is 1. The van der Waals surface area contributed by atoms with Gasteiger partial charge in [0.05, 0.1) is 23.3 Å². The number of fused-ring (bicyclic) bond motifs is 1. The molecule has 0 radical (unpaired) electrons. The van der Waals surface area contributed by atoms with Gasteiger partial charge in [0.25, 0.3) is 5.91 Å². The maximum atomic E-state index is 12.7. The minimum Gasteiger partial charge on any atom is -0.336 e. The van der Waals surface area contributed by atoms with E-state index in [9.17, 15) is 4.79 Å². The van der Waals surface area contributed by atoms with Crippen LogP contribution in [0.3, 0.4) is 0 Å². The first-order valence-electron chi connectivity index (χ1n) is 7.46. The van der Waals surface area contributed by atoms with E-state index in [0.717, 1.165) is 21.9 Å². The average Bonchev–Trinajstić information content (AvgIpc) is 3.33. The third kappa shape index (κ3) is 2.41. The van der Waals surface area contributed by atoms with Gasteiger partial charge in [0.1, 0.15) is 16.9 Å². The predicted molar refractivity (Wildman–Crippen MR) is 91.9 cm³/mol. The van der Waals surface area contributed by atoms with Gasteiger partial charge in [-0.2, -0.15) is 10.2 Å². The monoisotopic (exact) mass is 340 g/mol. The number of H-pyrrole nitrogens is 1. The largest absolute Gasteiger partial charge is 0.336 e. The molecular weight excluding hydrogens is 324 g/mol. The molecule has 0 bridgehead atoms. The summed E-state index contributed by atoms with van der Waals surface area (Å²) in [4.78, 5) is 15.5. The third-order valence-corrected chi connectivity index (χ3v) is 4.82. The predicted octanol–water partition coefficient (Wildman–Crippen LogP) is 2.40. The Morgan fingerprint density at radius 1 is 1.42 bits per heavy atom. The molecule has 0 fully saturated rings. The number of aryl methyl sites for hydroxylation is 1. The normalized spacial score (nSPS) is 11.2. The van der Waals surface area contributed by atoms with Crippen LogP contribution in [0.2, 0.25) is 0 Å². The van der Waals surface area contributed by atoms with Crippen molar-refractivity contribution in [3.05, 3.63) is 53.4 Å². The molecule has 0 saturated heterocycles. The molecule has 4 heterocycles. The number of rotatable bonds is 4. The number of hydrogen-bond donors (Lipinski definition) is 1. The zero-order chi connectivity index (χ0) is 16.7. The minimum absolute atomic E-state index is 0.0703. The summed E-state index contributed by atoms with van der Waals surface area (Å²) in [5, 5.41) is 13.6. The van der Waals surface area contributed by atoms with Gasteiger partial charge in [-0.25, -0.2) is 4.52 Å². The second-order valence-corrected chi connectivity index (χ2v) is 6.60. The summed E-state index contributed by atoms with van der Waals surface area (Å²) in [6.45, 7) is 0.457. The van der Waals surface area contributed by atoms with E-state index in [-0.39, 0.29) is 5.91 Å². The Balaban J connectivity index is 1.54. The maximum Gasteiger partial charge on any atom is 0.259 e. The number of nitrogens with one attached hydrogen (secondary N) is 1. The first-order chi connectivity index (χ1) is 11.6. The second-order valence-electron chi connectivity index (χ2n) is 5.65. The number of nitrogens with zero attached hydrogens (tertiary/aromatic N) is 5. The summed E-state index contributed by atoms with van der Waals surface area (Å²) in [7, 11) is 3.68. The lowest BCUT2D eigenvalue weighted by Gasteiger charge is -2.15. The summed E-state index contributed by atoms with van der Waals surface area (Å²) in [5.74, 6) is -0.0703. The zero-order valence-electron chi connectivity index (χ0n) is 13.3. The van der Waals surface area contributed by atoms with E-state index < -0.39 is 0 Å². The molecule has 0 aliphatic heterocycles. The average molecular weight is 340 g/mol. The van der Waals surface area contributed by atoms with E-state index in [1.54, 1.807) is 34.0 Å². The Morgan fingerprint density at radius 2 is 2.29 bits per heavy atom. The lowest BCUT2D eigenvalue weighted by molar-refractivity contribution is 0.0785. The molecule has 1 amide bonds. The molecule has 0 aromatic carbocycles. The molecular formula is C16H16N6OS. The summed E-state index contributed by atoms with van der Waals surface area (Å²) in [6.07, 6.45) is 5.31. The van der Waals surface area contributed by atoms with Gasteiger partial charge in [-0.15, -0.1) is 11.3 Å². The van der Waals surface area contributed by atoms with E-state index in [1.807, 2.05) is 47.6 Å². The minimum atomic E-state index is -0.0703. The van der Waals surface area contributed by atoms with Crippen LogP contribution in [0.25, 0.3) is 16.2 Å². The van der Waals surface area contributed by atoms with Crippen LogP contribution in [0, 0.1) is 0 Å². The number of carbonyl (C=O) groups excluding carboxylic acids is 1. The summed E-state index contributed by atoms with van der Waals surface area (Å²) >= 11 is 1.64. The fourth-order valence-corrected chi connectivity index (χ4v) is 3.41. The Hall–Kier alpha value is -2.87. The van der Waals surface area contributed by atoms with Gasteiger partial charge in [0.15, 0.2) is 0 Å². The number of aromatic nitrogens is 5. The van der Waals surface area contributed by atoms with Gasteiger partial charge in [-0.1, -0.05) is 6.07 Å². The standard InChI is InChI=1S/C16H16N6OS/c1-20-5-6-22-15(20)12(9-17-22)16(23)21(2)10-11-8-13(19-18-11)14-4-3-7-24-14/h3-9H,10H2,1-2H3,(H,18,19). The summed E-state index contributed by atoms with van der Waals surface area (Å²) in [5.41, 5.74) is 3.17. The van der Waals surface area contributed by atoms with Crippen molar-refractivity contribution in [2.75, 3.05) is 7.05 Å². The molecule has 8 heteroatoms. The molecule has 122 valence electrons. The lowest BCUT2D eigenvalue weighted by atomic mass is 10.2. The number of imidazole rings is 1. The van der Waals surface area contributed by atoms with Crippen molar-refractivity contribution >= 4 is 22.9 Å². The van der Waals surface area contributed by atoms with E-state index in [1.165, 1.54) is 0 Å². The molecule has 0 atom stereocenters. The fraction of sp³-hybridized carbons (Fsp3) is 0.188. The van der Waals surface area contributed by atoms with Crippen molar-refractivity contribution in [3.63, 3.8) is 0 Å². The molecule has 24 heavy (non-hydrogen) atoms. The van der Waals surface area contributed by atoms with Crippen molar-refractivity contribution in [3.8, 4) is 10.6 Å². The van der Waals surface area contributed by atoms with E-state index in [2.05, 4.69) is 15.3 Å². The van der Waals surface area contributed by atoms with Gasteiger partial charge in [-0.3, -0.25) is 9.89 Å². The zero-order valence-corrected chi connectivity index (χ0v) is 14.1. The highest BCUT2D eigenvalue weighted by atomic mass is 32.1. The quantitative estimate of drug-likeness (QED) is 0.620. The van der Waals surface area contributed by atoms with Crippen LogP contribution in [0.5, 0.6) is 0 Å². The number of aromatic amines is 1. The molecule has 4 rings (SSSR count). The Morgan fingerprint density at radius 3 is 3.08 bits per heavy atom. The molecule has 1 N–H and O–H groups in total. The first kappa shape index (κ1) is 14.7. The number of carbonyl (C=O) groups is 1. The van der Waals surface area contributed by atoms with E-state index in [4.69, 9.17) is 0 Å². The Labute approximate surface area is 142 Å². The van der Waals surface area contributed by atoms with Crippen LogP contribution in [0.4, 0.5) is 0 Å². The summed E-state index contributed by atoms with van der Waals surface area (Å²) in [6, 6.07) is 6.00. The van der Waals surface area contributed by atoms with Crippen LogP contribution in [-0.4, -0.2) is 42.2 Å². The van der Waals surface area contributed by atoms with E-state index >= 15 is 0 Å². The summed E-state index contributed by atoms with van der Waals surface area (Å²) < 4.78 is 3.59. The smallest absolute Gasteiger partial charge is 0.259 e. The lowest BCUT2D eigenvalue weighted by Crippen LogP contribution is -2.26. The van der Waals surface area contributed by atoms with Crippen LogP contribution in [0.15, 0.2) is 42.2 Å². The maximum absolute atomic E-state index is 12.7. The van der Waals surface area contributed by atoms with Crippen LogP contribution in [-0.2, 0) is 13.6 Å². The van der Waals surface area contributed by atoms with Gasteiger partial charge < -0.3 is 9.47 Å². The SMILES string of the molecule is CN(Cc1cc(-c2cccs2)n[nH]1)C(=O)c1cnn2ccn(C)c12. The molecule has 0 unspecified atom stereocenters. The van der Waals surface area contributed by atoms with Crippen molar-refractivity contribution < 1.29 is 4.79 Å². The molecule has 0 aliphatic carbocycles.